The maximum Gasteiger partial charge on any atom is 0.348 e. The van der Waals surface area contributed by atoms with Gasteiger partial charge in [-0.2, -0.15) is 0 Å². The topological polar surface area (TPSA) is 101 Å². The van der Waals surface area contributed by atoms with Crippen LogP contribution in [0.4, 0.5) is 0 Å². The van der Waals surface area contributed by atoms with E-state index in [1.807, 2.05) is 6.92 Å². The molecule has 4 rings (SSSR count). The van der Waals surface area contributed by atoms with Crippen molar-refractivity contribution in [3.8, 4) is 0 Å². The molecule has 4 aliphatic rings. The zero-order valence-corrected chi connectivity index (χ0v) is 16.9. The summed E-state index contributed by atoms with van der Waals surface area (Å²) in [5.41, 5.74) is -1.44. The van der Waals surface area contributed by atoms with E-state index in [1.165, 1.54) is 6.92 Å². The Labute approximate surface area is 165 Å². The Morgan fingerprint density at radius 3 is 2.54 bits per heavy atom. The van der Waals surface area contributed by atoms with E-state index in [1.54, 1.807) is 6.08 Å². The van der Waals surface area contributed by atoms with Crippen LogP contribution in [0.2, 0.25) is 0 Å². The van der Waals surface area contributed by atoms with Crippen LogP contribution in [0.5, 0.6) is 0 Å². The van der Waals surface area contributed by atoms with Gasteiger partial charge in [-0.05, 0) is 67.8 Å². The first-order valence-corrected chi connectivity index (χ1v) is 10.4. The average Bonchev–Trinajstić information content (AvgIpc) is 2.88. The largest absolute Gasteiger partial charge is 0.478 e. The van der Waals surface area contributed by atoms with Gasteiger partial charge in [0.1, 0.15) is 0 Å². The van der Waals surface area contributed by atoms with E-state index < -0.39 is 29.1 Å². The number of carbonyl (C=O) groups excluding carboxylic acids is 2. The van der Waals surface area contributed by atoms with Gasteiger partial charge < -0.3 is 14.9 Å². The van der Waals surface area contributed by atoms with E-state index in [-0.39, 0.29) is 35.4 Å². The SMILES string of the molecule is CC(=O)O[C@]1(C(=O)O)CC[C@H]2[C@@H]3CCC4=CC(=O)CC[C@]4(C)[C@H]3[C@@H](O)C[C@@]21C. The lowest BCUT2D eigenvalue weighted by molar-refractivity contribution is -0.210. The predicted octanol–water partition coefficient (Wildman–Crippen LogP) is 2.88. The first-order valence-electron chi connectivity index (χ1n) is 10.4. The molecule has 0 bridgehead atoms. The minimum Gasteiger partial charge on any atom is -0.478 e. The number of fused-ring (bicyclic) bond motifs is 5. The van der Waals surface area contributed by atoms with Crippen LogP contribution in [0, 0.1) is 28.6 Å². The lowest BCUT2D eigenvalue weighted by Gasteiger charge is -2.60. The summed E-state index contributed by atoms with van der Waals surface area (Å²) < 4.78 is 5.50. The normalized spacial score (nSPS) is 47.4. The summed E-state index contributed by atoms with van der Waals surface area (Å²) in [6.07, 6.45) is 5.28. The number of carboxylic acids is 1. The molecule has 0 aliphatic heterocycles. The molecule has 6 nitrogen and oxygen atoms in total. The monoisotopic (exact) mass is 390 g/mol. The van der Waals surface area contributed by atoms with Gasteiger partial charge in [-0.15, -0.1) is 0 Å². The summed E-state index contributed by atoms with van der Waals surface area (Å²) in [4.78, 5) is 36.0. The van der Waals surface area contributed by atoms with Crippen molar-refractivity contribution in [2.75, 3.05) is 0 Å². The molecule has 3 fully saturated rings. The molecule has 0 aromatic carbocycles. The van der Waals surface area contributed by atoms with E-state index in [0.29, 0.717) is 19.3 Å². The van der Waals surface area contributed by atoms with Crippen LogP contribution in [0.1, 0.15) is 65.7 Å². The number of carboxylic acid groups (broad SMARTS) is 1. The van der Waals surface area contributed by atoms with Crippen molar-refractivity contribution in [1.29, 1.82) is 0 Å². The Hall–Kier alpha value is -1.69. The number of rotatable bonds is 2. The molecule has 0 spiro atoms. The van der Waals surface area contributed by atoms with E-state index in [0.717, 1.165) is 24.8 Å². The van der Waals surface area contributed by atoms with Gasteiger partial charge in [0.2, 0.25) is 5.60 Å². The highest BCUT2D eigenvalue weighted by atomic mass is 16.6. The first-order chi connectivity index (χ1) is 13.0. The van der Waals surface area contributed by atoms with Gasteiger partial charge in [0, 0.05) is 18.8 Å². The molecule has 0 saturated heterocycles. The summed E-state index contributed by atoms with van der Waals surface area (Å²) in [5, 5.41) is 21.4. The molecule has 28 heavy (non-hydrogen) atoms. The minimum atomic E-state index is -1.57. The predicted molar refractivity (Wildman–Crippen MR) is 100 cm³/mol. The smallest absolute Gasteiger partial charge is 0.348 e. The fourth-order valence-electron chi connectivity index (χ4n) is 7.48. The third-order valence-corrected chi connectivity index (χ3v) is 8.68. The number of hydrogen-bond donors (Lipinski definition) is 2. The van der Waals surface area contributed by atoms with E-state index >= 15 is 0 Å². The molecule has 4 aliphatic carbocycles. The number of aliphatic hydroxyl groups excluding tert-OH is 1. The number of hydrogen-bond acceptors (Lipinski definition) is 5. The van der Waals surface area contributed by atoms with Crippen LogP contribution in [-0.2, 0) is 19.1 Å². The van der Waals surface area contributed by atoms with Crippen molar-refractivity contribution in [2.24, 2.45) is 28.6 Å². The maximum absolute atomic E-state index is 12.3. The fraction of sp³-hybridized carbons (Fsp3) is 0.773. The molecule has 7 atom stereocenters. The third kappa shape index (κ3) is 2.39. The van der Waals surface area contributed by atoms with Crippen LogP contribution < -0.4 is 0 Å². The van der Waals surface area contributed by atoms with Gasteiger partial charge >= 0.3 is 11.9 Å². The highest BCUT2D eigenvalue weighted by Gasteiger charge is 2.71. The van der Waals surface area contributed by atoms with Gasteiger partial charge in [-0.3, -0.25) is 9.59 Å². The van der Waals surface area contributed by atoms with Gasteiger partial charge in [0.05, 0.1) is 6.10 Å². The van der Waals surface area contributed by atoms with E-state index in [2.05, 4.69) is 6.92 Å². The van der Waals surface area contributed by atoms with Gasteiger partial charge in [-0.1, -0.05) is 19.4 Å². The van der Waals surface area contributed by atoms with E-state index in [9.17, 15) is 24.6 Å². The third-order valence-electron chi connectivity index (χ3n) is 8.68. The van der Waals surface area contributed by atoms with Crippen molar-refractivity contribution >= 4 is 17.7 Å². The number of carbonyl (C=O) groups is 3. The number of aliphatic hydroxyl groups is 1. The number of allylic oxidation sites excluding steroid dienone is 1. The number of ketones is 1. The van der Waals surface area contributed by atoms with Crippen LogP contribution in [0.3, 0.4) is 0 Å². The molecule has 3 saturated carbocycles. The van der Waals surface area contributed by atoms with Crippen molar-refractivity contribution in [1.82, 2.24) is 0 Å². The second-order valence-corrected chi connectivity index (χ2v) is 9.84. The fourth-order valence-corrected chi connectivity index (χ4v) is 7.48. The molecule has 2 N–H and O–H groups in total. The number of esters is 1. The zero-order valence-electron chi connectivity index (χ0n) is 16.9. The highest BCUT2D eigenvalue weighted by Crippen LogP contribution is 2.68. The molecule has 6 heteroatoms. The van der Waals surface area contributed by atoms with E-state index in [4.69, 9.17) is 4.74 Å². The molecule has 0 aromatic rings. The van der Waals surface area contributed by atoms with Crippen molar-refractivity contribution in [3.05, 3.63) is 11.6 Å². The molecule has 0 amide bonds. The summed E-state index contributed by atoms with van der Waals surface area (Å²) in [7, 11) is 0. The maximum atomic E-state index is 12.3. The Morgan fingerprint density at radius 2 is 1.89 bits per heavy atom. The number of aliphatic carboxylic acids is 1. The molecular formula is C22H30O6. The molecule has 0 heterocycles. The average molecular weight is 390 g/mol. The molecule has 0 radical (unpaired) electrons. The Morgan fingerprint density at radius 1 is 1.18 bits per heavy atom. The second kappa shape index (κ2) is 6.15. The van der Waals surface area contributed by atoms with Crippen LogP contribution in [0.15, 0.2) is 11.6 Å². The quantitative estimate of drug-likeness (QED) is 0.703. The van der Waals surface area contributed by atoms with Crippen molar-refractivity contribution in [2.45, 2.75) is 77.4 Å². The minimum absolute atomic E-state index is 0.0144. The van der Waals surface area contributed by atoms with Gasteiger partial charge in [-0.25, -0.2) is 4.79 Å². The molecule has 154 valence electrons. The first kappa shape index (κ1) is 19.6. The van der Waals surface area contributed by atoms with Gasteiger partial charge in [0.25, 0.3) is 0 Å². The Kier molecular flexibility index (Phi) is 4.31. The lowest BCUT2D eigenvalue weighted by Crippen LogP contribution is -2.62. The Balaban J connectivity index is 1.75. The second-order valence-electron chi connectivity index (χ2n) is 9.84. The van der Waals surface area contributed by atoms with Crippen molar-refractivity contribution < 1.29 is 29.3 Å². The van der Waals surface area contributed by atoms with Crippen LogP contribution in [-0.4, -0.2) is 39.6 Å². The van der Waals surface area contributed by atoms with Crippen LogP contribution in [0.25, 0.3) is 0 Å². The summed E-state index contributed by atoms with van der Waals surface area (Å²) in [5.74, 6) is -1.27. The lowest BCUT2D eigenvalue weighted by atomic mass is 9.45. The standard InChI is InChI=1S/C22H30O6/c1-12(23)28-22(19(26)27)9-7-16-15-5-4-13-10-14(24)6-8-20(13,2)18(15)17(25)11-21(16,22)3/h10,15-18,25H,4-9,11H2,1-3H3,(H,26,27)/t15-,16-,17-,18+,20-,21-,22-/m0/s1. The van der Waals surface area contributed by atoms with Crippen LogP contribution >= 0.6 is 0 Å². The molecule has 0 aromatic heterocycles. The summed E-state index contributed by atoms with van der Waals surface area (Å²) in [6.45, 7) is 5.31. The van der Waals surface area contributed by atoms with Crippen molar-refractivity contribution in [3.63, 3.8) is 0 Å². The molecular weight excluding hydrogens is 360 g/mol. The van der Waals surface area contributed by atoms with Gasteiger partial charge in [0.15, 0.2) is 5.78 Å². The number of ether oxygens (including phenoxy) is 1. The summed E-state index contributed by atoms with van der Waals surface area (Å²) in [6, 6.07) is 0. The summed E-state index contributed by atoms with van der Waals surface area (Å²) >= 11 is 0. The highest BCUT2D eigenvalue weighted by molar-refractivity contribution is 5.91. The zero-order chi connectivity index (χ0) is 20.5. The Bertz CT molecular complexity index is 771. The molecule has 0 unspecified atom stereocenters.